The van der Waals surface area contributed by atoms with Crippen LogP contribution < -0.4 is 0 Å². The molecule has 0 saturated heterocycles. The minimum absolute atomic E-state index is 1.47. The molecule has 0 heterocycles. The maximum absolute atomic E-state index is 4.91. The molecule has 0 aromatic heterocycles. The molecule has 0 nitrogen and oxygen atoms in total. The van der Waals surface area contributed by atoms with Crippen molar-refractivity contribution in [3.05, 3.63) is 0 Å². The first kappa shape index (κ1) is 5.61. The van der Waals surface area contributed by atoms with Crippen LogP contribution in [-0.2, 0) is 15.2 Å². The van der Waals surface area contributed by atoms with E-state index in [1.165, 1.54) is 0 Å². The van der Waals surface area contributed by atoms with Crippen LogP contribution in [0.4, 0.5) is 0 Å². The molecule has 0 amide bonds. The second-order valence-electron chi connectivity index (χ2n) is 0.129. The molecule has 0 rings (SSSR count). The first-order valence-electron chi connectivity index (χ1n) is 0.342. The summed E-state index contributed by atoms with van der Waals surface area (Å²) in [5, 5.41) is 0. The molecule has 0 aliphatic carbocycles. The molecule has 0 saturated carbocycles. The third kappa shape index (κ3) is 9.49. The van der Waals surface area contributed by atoms with Crippen molar-refractivity contribution in [3.63, 3.8) is 0 Å². The van der Waals surface area contributed by atoms with Gasteiger partial charge in [0.25, 0.3) is 0 Å². The second-order valence-corrected chi connectivity index (χ2v) is 6.88. The van der Waals surface area contributed by atoms with Gasteiger partial charge in [0.2, 0.25) is 0 Å². The molecule has 0 aromatic carbocycles. The van der Waals surface area contributed by atoms with Gasteiger partial charge in [-0.05, 0) is 0 Å². The molecule has 0 aliphatic rings. The molecule has 0 N–H and O–H groups in total. The van der Waals surface area contributed by atoms with E-state index >= 15 is 0 Å². The van der Waals surface area contributed by atoms with Crippen LogP contribution >= 0.6 is 27.6 Å². The van der Waals surface area contributed by atoms with E-state index in [0.717, 1.165) is 0 Å². The van der Waals surface area contributed by atoms with Gasteiger partial charge in [0.05, 0.1) is 0 Å². The molecule has 0 aliphatic heterocycles. The van der Waals surface area contributed by atoms with Gasteiger partial charge in [-0.3, -0.25) is 0 Å². The van der Waals surface area contributed by atoms with E-state index in [2.05, 4.69) is 0 Å². The van der Waals surface area contributed by atoms with Crippen molar-refractivity contribution in [2.45, 2.75) is 0 Å². The molecule has 0 fully saturated rings. The zero-order chi connectivity index (χ0) is 3.58. The Bertz CT molecular complexity index is 8.00. The summed E-state index contributed by atoms with van der Waals surface area (Å²) < 4.78 is 0. The summed E-state index contributed by atoms with van der Waals surface area (Å²) in [6.45, 7) is 0. The number of hydrogen-bond donors (Lipinski definition) is 0. The Labute approximate surface area is 42.6 Å². The molecule has 0 radical (unpaired) electrons. The third-order valence-corrected chi connectivity index (χ3v) is 0. The van der Waals surface area contributed by atoms with Gasteiger partial charge < -0.3 is 0 Å². The van der Waals surface area contributed by atoms with E-state index in [1.807, 2.05) is 0 Å². The Kier molecular flexibility index (Phi) is 3.97. The van der Waals surface area contributed by atoms with Crippen LogP contribution in [0, 0.1) is 0 Å². The normalized spacial score (nSPS) is 11.2. The third-order valence-electron chi connectivity index (χ3n) is 0. The molecular formula is AgCl3. The summed E-state index contributed by atoms with van der Waals surface area (Å²) in [6, 6.07) is 0. The van der Waals surface area contributed by atoms with Gasteiger partial charge in [-0.1, -0.05) is 0 Å². The van der Waals surface area contributed by atoms with Gasteiger partial charge in [-0.15, -0.1) is 0 Å². The van der Waals surface area contributed by atoms with E-state index in [1.54, 1.807) is 0 Å². The first-order valence-corrected chi connectivity index (χ1v) is 6.07. The van der Waals surface area contributed by atoms with Gasteiger partial charge in [0, 0.05) is 0 Å². The van der Waals surface area contributed by atoms with E-state index in [0.29, 0.717) is 0 Å². The van der Waals surface area contributed by atoms with Crippen molar-refractivity contribution in [3.8, 4) is 0 Å². The zero-order valence-electron chi connectivity index (χ0n) is 1.44. The van der Waals surface area contributed by atoms with Crippen LogP contribution in [0.2, 0.25) is 0 Å². The quantitative estimate of drug-likeness (QED) is 0.541. The maximum atomic E-state index is 4.91. The predicted octanol–water partition coefficient (Wildman–Crippen LogP) is 2.07. The van der Waals surface area contributed by atoms with Crippen molar-refractivity contribution in [1.29, 1.82) is 0 Å². The predicted molar refractivity (Wildman–Crippen MR) is 17.6 cm³/mol. The molecule has 0 unspecified atom stereocenters. The zero-order valence-corrected chi connectivity index (χ0v) is 5.19. The summed E-state index contributed by atoms with van der Waals surface area (Å²) in [7, 11) is 14.7. The standard InChI is InChI=1S/Ag.3ClH/h;3*1H/q+3;;;/p-3. The first-order chi connectivity index (χ1) is 1.73. The van der Waals surface area contributed by atoms with Crippen LogP contribution in [0.5, 0.6) is 0 Å². The topological polar surface area (TPSA) is 0 Å². The Morgan fingerprint density at radius 1 is 1.00 bits per heavy atom. The van der Waals surface area contributed by atoms with Gasteiger partial charge in [0.15, 0.2) is 0 Å². The van der Waals surface area contributed by atoms with E-state index in [-0.39, 0.29) is 0 Å². The molecule has 0 atom stereocenters. The van der Waals surface area contributed by atoms with Crippen molar-refractivity contribution in [1.82, 2.24) is 0 Å². The summed E-state index contributed by atoms with van der Waals surface area (Å²) in [6.07, 6.45) is 0. The van der Waals surface area contributed by atoms with Crippen molar-refractivity contribution >= 4 is 27.6 Å². The molecule has 0 aromatic rings. The van der Waals surface area contributed by atoms with Crippen LogP contribution in [-0.4, -0.2) is 0 Å². The Morgan fingerprint density at radius 3 is 1.00 bits per heavy atom. The number of hydrogen-bond acceptors (Lipinski definition) is 0. The number of rotatable bonds is 0. The summed E-state index contributed by atoms with van der Waals surface area (Å²) in [5.74, 6) is 0. The molecule has 4 heavy (non-hydrogen) atoms. The Morgan fingerprint density at radius 2 is 1.00 bits per heavy atom. The van der Waals surface area contributed by atoms with Crippen molar-refractivity contribution in [2.75, 3.05) is 0 Å². The fourth-order valence-electron chi connectivity index (χ4n) is 0. The molecule has 0 spiro atoms. The van der Waals surface area contributed by atoms with Crippen molar-refractivity contribution < 1.29 is 15.2 Å². The minimum atomic E-state index is -1.47. The van der Waals surface area contributed by atoms with E-state index in [4.69, 9.17) is 27.6 Å². The average molecular weight is 214 g/mol. The van der Waals surface area contributed by atoms with Gasteiger partial charge in [0.1, 0.15) is 0 Å². The Balaban J connectivity index is 2.32. The SMILES string of the molecule is [Cl][Ag]([Cl])[Cl]. The molecule has 32 valence electrons. The number of halogens is 3. The van der Waals surface area contributed by atoms with Crippen LogP contribution in [0.1, 0.15) is 0 Å². The molecular weight excluding hydrogens is 214 g/mol. The summed E-state index contributed by atoms with van der Waals surface area (Å²) in [5.41, 5.74) is 0. The Hall–Kier alpha value is 1.61. The molecule has 0 bridgehead atoms. The summed E-state index contributed by atoms with van der Waals surface area (Å²) >= 11 is -1.47. The van der Waals surface area contributed by atoms with Gasteiger partial charge in [-0.25, -0.2) is 0 Å². The average Bonchev–Trinajstić information content (AvgIpc) is 0.811. The molecule has 4 heteroatoms. The van der Waals surface area contributed by atoms with E-state index in [9.17, 15) is 0 Å². The van der Waals surface area contributed by atoms with Gasteiger partial charge in [-0.2, -0.15) is 0 Å². The van der Waals surface area contributed by atoms with Crippen molar-refractivity contribution in [2.24, 2.45) is 0 Å². The summed E-state index contributed by atoms with van der Waals surface area (Å²) in [4.78, 5) is 0. The van der Waals surface area contributed by atoms with Crippen LogP contribution in [0.3, 0.4) is 0 Å². The van der Waals surface area contributed by atoms with Crippen LogP contribution in [0.15, 0.2) is 0 Å². The second kappa shape index (κ2) is 2.83. The monoisotopic (exact) mass is 212 g/mol. The fraction of sp³-hybridized carbons (Fsp3) is 0. The van der Waals surface area contributed by atoms with E-state index < -0.39 is 15.2 Å². The fourth-order valence-corrected chi connectivity index (χ4v) is 0. The van der Waals surface area contributed by atoms with Crippen LogP contribution in [0.25, 0.3) is 0 Å². The van der Waals surface area contributed by atoms with Gasteiger partial charge >= 0.3 is 42.8 Å².